The summed E-state index contributed by atoms with van der Waals surface area (Å²) in [6.45, 7) is 10.6. The lowest BCUT2D eigenvalue weighted by Crippen LogP contribution is -2.63. The first-order chi connectivity index (χ1) is 18.7. The predicted octanol–water partition coefficient (Wildman–Crippen LogP) is 4.43. The Labute approximate surface area is 237 Å². The van der Waals surface area contributed by atoms with Gasteiger partial charge in [0.25, 0.3) is 0 Å². The fourth-order valence-corrected chi connectivity index (χ4v) is 9.55. The Balaban J connectivity index is 1.74. The van der Waals surface area contributed by atoms with Crippen LogP contribution in [0.3, 0.4) is 0 Å². The van der Waals surface area contributed by atoms with Gasteiger partial charge in [0, 0.05) is 50.9 Å². The van der Waals surface area contributed by atoms with Crippen molar-refractivity contribution in [2.24, 2.45) is 46.3 Å². The number of carbonyl (C=O) groups is 5. The Bertz CT molecular complexity index is 1040. The predicted molar refractivity (Wildman–Crippen MR) is 143 cm³/mol. The lowest BCUT2D eigenvalue weighted by atomic mass is 9.43. The van der Waals surface area contributed by atoms with E-state index in [1.807, 2.05) is 6.92 Å². The second-order valence-corrected chi connectivity index (χ2v) is 13.3. The zero-order chi connectivity index (χ0) is 29.6. The molecule has 40 heavy (non-hydrogen) atoms. The topological polar surface area (TPSA) is 122 Å². The van der Waals surface area contributed by atoms with Crippen molar-refractivity contribution in [1.82, 2.24) is 0 Å². The van der Waals surface area contributed by atoms with Crippen LogP contribution in [0.25, 0.3) is 0 Å². The highest BCUT2D eigenvalue weighted by Crippen LogP contribution is 2.68. The van der Waals surface area contributed by atoms with E-state index in [-0.39, 0.29) is 83.3 Å². The highest BCUT2D eigenvalue weighted by molar-refractivity contribution is 5.85. The summed E-state index contributed by atoms with van der Waals surface area (Å²) in [6.07, 6.45) is 3.53. The van der Waals surface area contributed by atoms with Gasteiger partial charge in [0.1, 0.15) is 24.1 Å². The van der Waals surface area contributed by atoms with Crippen LogP contribution in [0.5, 0.6) is 0 Å². The third-order valence-electron chi connectivity index (χ3n) is 11.2. The van der Waals surface area contributed by atoms with Gasteiger partial charge in [-0.15, -0.1) is 0 Å². The third-order valence-corrected chi connectivity index (χ3v) is 11.2. The zero-order valence-corrected chi connectivity index (χ0v) is 25.0. The van der Waals surface area contributed by atoms with E-state index in [2.05, 4.69) is 13.8 Å². The molecule has 9 heteroatoms. The quantitative estimate of drug-likeness (QED) is 0.328. The second-order valence-electron chi connectivity index (χ2n) is 13.3. The van der Waals surface area contributed by atoms with Crippen LogP contribution in [0.4, 0.5) is 0 Å². The number of esters is 4. The van der Waals surface area contributed by atoms with Crippen molar-refractivity contribution in [2.45, 2.75) is 111 Å². The Morgan fingerprint density at radius 1 is 0.925 bits per heavy atom. The number of rotatable bonds is 7. The van der Waals surface area contributed by atoms with Crippen molar-refractivity contribution in [3.05, 3.63) is 0 Å². The van der Waals surface area contributed by atoms with Crippen molar-refractivity contribution in [3.63, 3.8) is 0 Å². The van der Waals surface area contributed by atoms with Gasteiger partial charge in [0.15, 0.2) is 0 Å². The van der Waals surface area contributed by atoms with E-state index in [1.165, 1.54) is 27.9 Å². The number of hydrogen-bond acceptors (Lipinski definition) is 9. The van der Waals surface area contributed by atoms with Crippen LogP contribution in [0.1, 0.15) is 92.9 Å². The van der Waals surface area contributed by atoms with E-state index < -0.39 is 17.4 Å². The molecule has 0 heterocycles. The summed E-state index contributed by atoms with van der Waals surface area (Å²) in [7, 11) is 1.36. The van der Waals surface area contributed by atoms with Crippen molar-refractivity contribution in [3.8, 4) is 0 Å². The molecule has 0 saturated heterocycles. The minimum absolute atomic E-state index is 0.0611. The number of ether oxygens (including phenoxy) is 4. The number of carbonyl (C=O) groups excluding carboxylic acids is 5. The van der Waals surface area contributed by atoms with E-state index in [0.29, 0.717) is 32.1 Å². The van der Waals surface area contributed by atoms with Crippen molar-refractivity contribution in [2.75, 3.05) is 7.11 Å². The molecule has 0 aromatic rings. The molecule has 4 fully saturated rings. The minimum Gasteiger partial charge on any atom is -0.469 e. The number of fused-ring (bicyclic) bond motifs is 5. The van der Waals surface area contributed by atoms with Crippen molar-refractivity contribution >= 4 is 29.7 Å². The highest BCUT2D eigenvalue weighted by atomic mass is 16.6. The molecule has 0 bridgehead atoms. The fraction of sp³-hybridized carbons (Fsp3) is 0.839. The number of hydrogen-bond donors (Lipinski definition) is 0. The van der Waals surface area contributed by atoms with Gasteiger partial charge in [0.2, 0.25) is 0 Å². The summed E-state index contributed by atoms with van der Waals surface area (Å²) >= 11 is 0. The first-order valence-electron chi connectivity index (χ1n) is 14.8. The summed E-state index contributed by atoms with van der Waals surface area (Å²) in [5.74, 6) is -1.70. The molecule has 11 atom stereocenters. The monoisotopic (exact) mass is 562 g/mol. The third kappa shape index (κ3) is 5.41. The second kappa shape index (κ2) is 11.4. The Kier molecular flexibility index (Phi) is 8.72. The molecule has 4 rings (SSSR count). The molecule has 0 aromatic heterocycles. The molecule has 4 aliphatic rings. The lowest BCUT2D eigenvalue weighted by Gasteiger charge is -2.63. The maximum Gasteiger partial charge on any atom is 0.305 e. The zero-order valence-electron chi connectivity index (χ0n) is 25.0. The summed E-state index contributed by atoms with van der Waals surface area (Å²) in [5, 5.41) is 0. The Morgan fingerprint density at radius 2 is 1.57 bits per heavy atom. The van der Waals surface area contributed by atoms with Crippen LogP contribution in [-0.4, -0.2) is 55.1 Å². The molecule has 4 aliphatic carbocycles. The molecule has 4 saturated carbocycles. The van der Waals surface area contributed by atoms with Gasteiger partial charge in [0.05, 0.1) is 7.11 Å². The van der Waals surface area contributed by atoms with Crippen LogP contribution in [0, 0.1) is 46.3 Å². The fourth-order valence-electron chi connectivity index (χ4n) is 9.55. The number of Topliss-reactive ketones (excluding diaryl/α,β-unsaturated/α-hetero) is 1. The van der Waals surface area contributed by atoms with Gasteiger partial charge in [-0.2, -0.15) is 0 Å². The van der Waals surface area contributed by atoms with Gasteiger partial charge in [-0.05, 0) is 67.6 Å². The molecule has 0 spiro atoms. The minimum atomic E-state index is -0.657. The molecule has 0 unspecified atom stereocenters. The van der Waals surface area contributed by atoms with Gasteiger partial charge in [-0.3, -0.25) is 24.0 Å². The van der Waals surface area contributed by atoms with E-state index in [4.69, 9.17) is 18.9 Å². The van der Waals surface area contributed by atoms with Crippen LogP contribution in [0.2, 0.25) is 0 Å². The van der Waals surface area contributed by atoms with Crippen molar-refractivity contribution in [1.29, 1.82) is 0 Å². The maximum absolute atomic E-state index is 13.8. The smallest absolute Gasteiger partial charge is 0.305 e. The number of methoxy groups -OCH3 is 1. The largest absolute Gasteiger partial charge is 0.469 e. The van der Waals surface area contributed by atoms with Gasteiger partial charge >= 0.3 is 23.9 Å². The van der Waals surface area contributed by atoms with E-state index in [0.717, 1.165) is 12.8 Å². The molecule has 0 radical (unpaired) electrons. The summed E-state index contributed by atoms with van der Waals surface area (Å²) in [5.41, 5.74) is -0.800. The summed E-state index contributed by atoms with van der Waals surface area (Å²) in [4.78, 5) is 62.3. The molecular formula is C31H46O9. The van der Waals surface area contributed by atoms with E-state index in [1.54, 1.807) is 0 Å². The van der Waals surface area contributed by atoms with Crippen molar-refractivity contribution < 1.29 is 42.9 Å². The van der Waals surface area contributed by atoms with Crippen LogP contribution < -0.4 is 0 Å². The van der Waals surface area contributed by atoms with Crippen LogP contribution >= 0.6 is 0 Å². The van der Waals surface area contributed by atoms with Gasteiger partial charge in [-0.25, -0.2) is 0 Å². The van der Waals surface area contributed by atoms with Gasteiger partial charge < -0.3 is 18.9 Å². The standard InChI is InChI=1S/C31H46O9/c1-16(8-9-27(36)37-7)29-24(35)14-23-28-22(15-26(31(23,29)6)40-19(4)34)30(5)11-10-21(38-17(2)32)12-20(30)13-25(28)39-18(3)33/h16,20-23,25-26,28-29H,8-15H2,1-7H3/t16-,20+,21-,22+,23+,25-,26+,28-,29+,30+,31-/m1/s1. The average molecular weight is 563 g/mol. The number of ketones is 1. The van der Waals surface area contributed by atoms with Gasteiger partial charge in [-0.1, -0.05) is 20.8 Å². The normalized spacial score (nSPS) is 41.0. The van der Waals surface area contributed by atoms with E-state index in [9.17, 15) is 24.0 Å². The molecule has 9 nitrogen and oxygen atoms in total. The molecule has 0 aromatic carbocycles. The Hall–Kier alpha value is -2.45. The highest BCUT2D eigenvalue weighted by Gasteiger charge is 2.69. The molecule has 224 valence electrons. The Morgan fingerprint density at radius 3 is 2.17 bits per heavy atom. The maximum atomic E-state index is 13.8. The summed E-state index contributed by atoms with van der Waals surface area (Å²) in [6, 6.07) is 0. The average Bonchev–Trinajstić information content (AvgIpc) is 3.13. The first kappa shape index (κ1) is 30.5. The van der Waals surface area contributed by atoms with Crippen LogP contribution in [0.15, 0.2) is 0 Å². The molecular weight excluding hydrogens is 516 g/mol. The molecule has 0 amide bonds. The summed E-state index contributed by atoms with van der Waals surface area (Å²) < 4.78 is 22.6. The SMILES string of the molecule is COC(=O)CC[C@@H](C)[C@H]1C(=O)C[C@H]2[C@@H]3[C@H](OC(C)=O)C[C@@H]4C[C@H](OC(C)=O)CC[C@]4(C)[C@H]3C[C@H](OC(C)=O)[C@]12C. The molecule has 0 aliphatic heterocycles. The lowest BCUT2D eigenvalue weighted by molar-refractivity contribution is -0.224. The first-order valence-corrected chi connectivity index (χ1v) is 14.8. The van der Waals surface area contributed by atoms with E-state index >= 15 is 0 Å². The van der Waals surface area contributed by atoms with Crippen LogP contribution in [-0.2, 0) is 42.9 Å². The molecule has 0 N–H and O–H groups in total.